The molecule has 0 saturated carbocycles. The van der Waals surface area contributed by atoms with Crippen molar-refractivity contribution in [3.8, 4) is 0 Å². The minimum atomic E-state index is -4.81. The fourth-order valence-corrected chi connectivity index (χ4v) is 4.21. The molecule has 1 aliphatic rings. The van der Waals surface area contributed by atoms with E-state index in [4.69, 9.17) is 28.3 Å². The zero-order valence-corrected chi connectivity index (χ0v) is 13.5. The zero-order chi connectivity index (χ0) is 17.6. The van der Waals surface area contributed by atoms with Gasteiger partial charge in [-0.2, -0.15) is 17.5 Å². The molecule has 1 aromatic carbocycles. The molecule has 1 fully saturated rings. The number of aliphatic carboxylic acids is 1. The second-order valence-electron chi connectivity index (χ2n) is 4.99. The molecular formula is C12H10Cl2F3NO4S. The molecule has 0 spiro atoms. The minimum absolute atomic E-state index is 0.0749. The number of carboxylic acid groups (broad SMARTS) is 1. The van der Waals surface area contributed by atoms with E-state index in [0.29, 0.717) is 4.31 Å². The van der Waals surface area contributed by atoms with Gasteiger partial charge in [-0.1, -0.05) is 23.2 Å². The van der Waals surface area contributed by atoms with Crippen molar-refractivity contribution in [1.82, 2.24) is 4.31 Å². The molecule has 2 rings (SSSR count). The van der Waals surface area contributed by atoms with Crippen LogP contribution in [-0.2, 0) is 14.8 Å². The molecule has 0 unspecified atom stereocenters. The Kier molecular flexibility index (Phi) is 4.87. The smallest absolute Gasteiger partial charge is 0.393 e. The van der Waals surface area contributed by atoms with E-state index in [1.807, 2.05) is 0 Å². The van der Waals surface area contributed by atoms with Crippen LogP contribution in [0, 0.1) is 11.8 Å². The van der Waals surface area contributed by atoms with Crippen LogP contribution >= 0.6 is 23.2 Å². The van der Waals surface area contributed by atoms with Crippen molar-refractivity contribution in [3.05, 3.63) is 28.2 Å². The number of hydrogen-bond acceptors (Lipinski definition) is 3. The van der Waals surface area contributed by atoms with Crippen molar-refractivity contribution < 1.29 is 31.5 Å². The van der Waals surface area contributed by atoms with E-state index >= 15 is 0 Å². The number of rotatable bonds is 3. The summed E-state index contributed by atoms with van der Waals surface area (Å²) < 4.78 is 64.1. The van der Waals surface area contributed by atoms with E-state index in [0.717, 1.165) is 12.1 Å². The molecule has 128 valence electrons. The third-order valence-corrected chi connectivity index (χ3v) is 6.12. The third kappa shape index (κ3) is 3.57. The van der Waals surface area contributed by atoms with Gasteiger partial charge in [-0.15, -0.1) is 0 Å². The minimum Gasteiger partial charge on any atom is -0.481 e. The van der Waals surface area contributed by atoms with Crippen LogP contribution in [0.5, 0.6) is 0 Å². The Morgan fingerprint density at radius 2 is 1.83 bits per heavy atom. The van der Waals surface area contributed by atoms with Gasteiger partial charge in [0.05, 0.1) is 26.8 Å². The summed E-state index contributed by atoms with van der Waals surface area (Å²) in [5.74, 6) is -5.82. The lowest BCUT2D eigenvalue weighted by Crippen LogP contribution is -2.34. The van der Waals surface area contributed by atoms with Crippen molar-refractivity contribution >= 4 is 39.2 Å². The Morgan fingerprint density at radius 1 is 1.22 bits per heavy atom. The van der Waals surface area contributed by atoms with Crippen LogP contribution in [0.25, 0.3) is 0 Å². The maximum atomic E-state index is 12.9. The third-order valence-electron chi connectivity index (χ3n) is 3.55. The summed E-state index contributed by atoms with van der Waals surface area (Å²) in [7, 11) is -4.31. The second kappa shape index (κ2) is 6.12. The number of carboxylic acids is 1. The number of hydrogen-bond donors (Lipinski definition) is 1. The molecule has 1 N–H and O–H groups in total. The number of alkyl halides is 3. The van der Waals surface area contributed by atoms with Gasteiger partial charge in [-0.25, -0.2) is 8.42 Å². The van der Waals surface area contributed by atoms with E-state index in [1.54, 1.807) is 0 Å². The highest BCUT2D eigenvalue weighted by Crippen LogP contribution is 2.40. The molecule has 0 radical (unpaired) electrons. The first-order valence-electron chi connectivity index (χ1n) is 6.19. The summed E-state index contributed by atoms with van der Waals surface area (Å²) >= 11 is 11.4. The van der Waals surface area contributed by atoms with Gasteiger partial charge >= 0.3 is 12.1 Å². The zero-order valence-electron chi connectivity index (χ0n) is 11.2. The predicted molar refractivity (Wildman–Crippen MR) is 75.9 cm³/mol. The first kappa shape index (κ1) is 18.3. The van der Waals surface area contributed by atoms with E-state index in [2.05, 4.69) is 0 Å². The van der Waals surface area contributed by atoms with Crippen molar-refractivity contribution in [2.75, 3.05) is 13.1 Å². The van der Waals surface area contributed by atoms with Crippen LogP contribution < -0.4 is 0 Å². The molecule has 0 aromatic heterocycles. The van der Waals surface area contributed by atoms with E-state index in [1.165, 1.54) is 6.07 Å². The summed E-state index contributed by atoms with van der Waals surface area (Å²) in [4.78, 5) is 10.7. The molecule has 23 heavy (non-hydrogen) atoms. The van der Waals surface area contributed by atoms with Gasteiger partial charge in [0, 0.05) is 13.1 Å². The summed E-state index contributed by atoms with van der Waals surface area (Å²) in [5, 5.41) is 8.93. The van der Waals surface area contributed by atoms with Gasteiger partial charge in [0.2, 0.25) is 10.0 Å². The number of sulfonamides is 1. The number of benzene rings is 1. The largest absolute Gasteiger partial charge is 0.481 e. The average Bonchev–Trinajstić information content (AvgIpc) is 2.87. The molecule has 1 heterocycles. The van der Waals surface area contributed by atoms with Crippen molar-refractivity contribution in [2.45, 2.75) is 11.1 Å². The number of carbonyl (C=O) groups is 1. The topological polar surface area (TPSA) is 74.7 Å². The van der Waals surface area contributed by atoms with Crippen LogP contribution in [0.15, 0.2) is 23.1 Å². The van der Waals surface area contributed by atoms with Crippen molar-refractivity contribution in [1.29, 1.82) is 0 Å². The van der Waals surface area contributed by atoms with E-state index < -0.39 is 47.1 Å². The van der Waals surface area contributed by atoms with Gasteiger partial charge in [-0.3, -0.25) is 4.79 Å². The molecule has 1 saturated heterocycles. The van der Waals surface area contributed by atoms with Crippen LogP contribution in [0.1, 0.15) is 0 Å². The number of halogens is 5. The number of nitrogens with zero attached hydrogens (tertiary/aromatic N) is 1. The molecule has 0 bridgehead atoms. The summed E-state index contributed by atoms with van der Waals surface area (Å²) in [6, 6.07) is 3.30. The van der Waals surface area contributed by atoms with Crippen molar-refractivity contribution in [2.24, 2.45) is 11.8 Å². The summed E-state index contributed by atoms with van der Waals surface area (Å²) in [6.45, 7) is -1.72. The first-order chi connectivity index (χ1) is 10.4. The molecule has 0 amide bonds. The Morgan fingerprint density at radius 3 is 2.26 bits per heavy atom. The quantitative estimate of drug-likeness (QED) is 0.859. The second-order valence-corrected chi connectivity index (χ2v) is 7.74. The standard InChI is InChI=1S/C12H10Cl2F3NO4S/c13-9-2-1-6(3-10(9)14)23(21,22)18-4-7(11(19)20)8(5-18)12(15,16)17/h1-3,7-8H,4-5H2,(H,19,20)/t7-,8-/m1/s1. The highest BCUT2D eigenvalue weighted by molar-refractivity contribution is 7.89. The van der Waals surface area contributed by atoms with Crippen LogP contribution in [-0.4, -0.2) is 43.1 Å². The molecule has 2 atom stereocenters. The molecule has 1 aromatic rings. The lowest BCUT2D eigenvalue weighted by molar-refractivity contribution is -0.187. The van der Waals surface area contributed by atoms with Crippen LogP contribution in [0.3, 0.4) is 0 Å². The SMILES string of the molecule is O=C(O)[C@@H]1CN(S(=O)(=O)c2ccc(Cl)c(Cl)c2)C[C@H]1C(F)(F)F. The molecule has 5 nitrogen and oxygen atoms in total. The van der Waals surface area contributed by atoms with E-state index in [-0.39, 0.29) is 14.9 Å². The van der Waals surface area contributed by atoms with E-state index in [9.17, 15) is 26.4 Å². The lowest BCUT2D eigenvalue weighted by Gasteiger charge is -2.18. The monoisotopic (exact) mass is 391 g/mol. The molecule has 1 aliphatic heterocycles. The van der Waals surface area contributed by atoms with Crippen LogP contribution in [0.4, 0.5) is 13.2 Å². The summed E-state index contributed by atoms with van der Waals surface area (Å²) in [6.07, 6.45) is -4.81. The normalized spacial score (nSPS) is 23.2. The molecule has 11 heteroatoms. The first-order valence-corrected chi connectivity index (χ1v) is 8.39. The van der Waals surface area contributed by atoms with Gasteiger partial charge in [0.25, 0.3) is 0 Å². The fraction of sp³-hybridized carbons (Fsp3) is 0.417. The maximum absolute atomic E-state index is 12.9. The van der Waals surface area contributed by atoms with Gasteiger partial charge in [-0.05, 0) is 18.2 Å². The fourth-order valence-electron chi connectivity index (χ4n) is 2.33. The van der Waals surface area contributed by atoms with Gasteiger partial charge in [0.1, 0.15) is 0 Å². The van der Waals surface area contributed by atoms with Gasteiger partial charge in [0.15, 0.2) is 0 Å². The molecular weight excluding hydrogens is 382 g/mol. The summed E-state index contributed by atoms with van der Waals surface area (Å²) in [5.41, 5.74) is 0. The lowest BCUT2D eigenvalue weighted by atomic mass is 9.96. The Bertz CT molecular complexity index is 738. The Balaban J connectivity index is 2.38. The Hall–Kier alpha value is -1.03. The highest BCUT2D eigenvalue weighted by atomic mass is 35.5. The van der Waals surface area contributed by atoms with Crippen LogP contribution in [0.2, 0.25) is 10.0 Å². The molecule has 0 aliphatic carbocycles. The van der Waals surface area contributed by atoms with Crippen molar-refractivity contribution in [3.63, 3.8) is 0 Å². The predicted octanol–water partition coefficient (Wildman–Crippen LogP) is 2.88. The highest BCUT2D eigenvalue weighted by Gasteiger charge is 2.54. The average molecular weight is 392 g/mol. The van der Waals surface area contributed by atoms with Gasteiger partial charge < -0.3 is 5.11 Å². The Labute approximate surface area is 139 Å². The maximum Gasteiger partial charge on any atom is 0.393 e.